The molecule has 7 heteroatoms. The van der Waals surface area contributed by atoms with E-state index in [0.29, 0.717) is 24.7 Å². The molecule has 150 valence electrons. The van der Waals surface area contributed by atoms with Crippen molar-refractivity contribution in [2.45, 2.75) is 19.3 Å². The second-order valence-corrected chi connectivity index (χ2v) is 8.37. The first-order valence-corrected chi connectivity index (χ1v) is 10.8. The molecule has 0 N–H and O–H groups in total. The van der Waals surface area contributed by atoms with Gasteiger partial charge in [-0.3, -0.25) is 9.59 Å². The summed E-state index contributed by atoms with van der Waals surface area (Å²) in [7, 11) is 1.82. The van der Waals surface area contributed by atoms with Crippen molar-refractivity contribution in [3.8, 4) is 5.75 Å². The number of hydrogen-bond acceptors (Lipinski definition) is 4. The van der Waals surface area contributed by atoms with Gasteiger partial charge in [-0.05, 0) is 55.0 Å². The number of amides is 2. The molecule has 0 radical (unpaired) electrons. The first-order chi connectivity index (χ1) is 13.5. The number of rotatable bonds is 7. The number of benzene rings is 1. The van der Waals surface area contributed by atoms with Gasteiger partial charge in [0.05, 0.1) is 17.4 Å². The van der Waals surface area contributed by atoms with Crippen molar-refractivity contribution in [1.82, 2.24) is 9.80 Å². The molecule has 1 saturated heterocycles. The van der Waals surface area contributed by atoms with E-state index < -0.39 is 0 Å². The first-order valence-electron chi connectivity index (χ1n) is 9.50. The van der Waals surface area contributed by atoms with E-state index in [1.54, 1.807) is 17.0 Å². The van der Waals surface area contributed by atoms with Crippen molar-refractivity contribution in [3.05, 3.63) is 51.7 Å². The van der Waals surface area contributed by atoms with E-state index in [4.69, 9.17) is 16.3 Å². The van der Waals surface area contributed by atoms with Gasteiger partial charge in [-0.2, -0.15) is 0 Å². The van der Waals surface area contributed by atoms with E-state index in [0.717, 1.165) is 36.4 Å². The van der Waals surface area contributed by atoms with E-state index in [-0.39, 0.29) is 17.7 Å². The summed E-state index contributed by atoms with van der Waals surface area (Å²) in [6, 6.07) is 11.0. The third kappa shape index (κ3) is 5.49. The summed E-state index contributed by atoms with van der Waals surface area (Å²) in [5.41, 5.74) is 0. The summed E-state index contributed by atoms with van der Waals surface area (Å²) >= 11 is 7.30. The number of thiophene rings is 1. The molecule has 3 rings (SSSR count). The smallest absolute Gasteiger partial charge is 0.263 e. The zero-order valence-corrected chi connectivity index (χ0v) is 17.5. The lowest BCUT2D eigenvalue weighted by atomic mass is 9.96. The van der Waals surface area contributed by atoms with E-state index in [9.17, 15) is 9.59 Å². The van der Waals surface area contributed by atoms with Crippen LogP contribution in [0.3, 0.4) is 0 Å². The summed E-state index contributed by atoms with van der Waals surface area (Å²) in [6.07, 6.45) is 2.44. The molecule has 5 nitrogen and oxygen atoms in total. The molecule has 1 unspecified atom stereocenters. The van der Waals surface area contributed by atoms with E-state index >= 15 is 0 Å². The van der Waals surface area contributed by atoms with Gasteiger partial charge in [-0.1, -0.05) is 17.7 Å². The van der Waals surface area contributed by atoms with Crippen LogP contribution >= 0.6 is 22.9 Å². The predicted molar refractivity (Wildman–Crippen MR) is 112 cm³/mol. The summed E-state index contributed by atoms with van der Waals surface area (Å²) in [5, 5.41) is 2.58. The zero-order chi connectivity index (χ0) is 19.9. The Morgan fingerprint density at radius 1 is 1.29 bits per heavy atom. The van der Waals surface area contributed by atoms with Gasteiger partial charge in [0, 0.05) is 31.7 Å². The average Bonchev–Trinajstić information content (AvgIpc) is 3.26. The molecule has 1 aromatic carbocycles. The highest BCUT2D eigenvalue weighted by atomic mass is 35.5. The molecule has 28 heavy (non-hydrogen) atoms. The fourth-order valence-electron chi connectivity index (χ4n) is 3.36. The second-order valence-electron chi connectivity index (χ2n) is 6.98. The number of carbonyl (C=O) groups is 2. The normalized spacial score (nSPS) is 16.6. The van der Waals surface area contributed by atoms with Crippen molar-refractivity contribution in [1.29, 1.82) is 0 Å². The van der Waals surface area contributed by atoms with Crippen molar-refractivity contribution >= 4 is 34.8 Å². The lowest BCUT2D eigenvalue weighted by Crippen LogP contribution is -2.46. The van der Waals surface area contributed by atoms with Gasteiger partial charge in [0.25, 0.3) is 5.91 Å². The van der Waals surface area contributed by atoms with Crippen molar-refractivity contribution in [3.63, 3.8) is 0 Å². The Morgan fingerprint density at radius 2 is 2.07 bits per heavy atom. The fourth-order valence-corrected chi connectivity index (χ4v) is 4.18. The first kappa shape index (κ1) is 20.7. The minimum atomic E-state index is -0.125. The number of halogens is 1. The van der Waals surface area contributed by atoms with E-state index in [2.05, 4.69) is 0 Å². The maximum atomic E-state index is 12.8. The number of hydrogen-bond donors (Lipinski definition) is 0. The molecule has 0 bridgehead atoms. The van der Waals surface area contributed by atoms with Crippen LogP contribution in [0.5, 0.6) is 5.75 Å². The molecule has 2 amide bonds. The quantitative estimate of drug-likeness (QED) is 0.631. The number of piperidine rings is 1. The predicted octanol–water partition coefficient (Wildman–Crippen LogP) is 4.18. The molecule has 1 aliphatic rings. The maximum absolute atomic E-state index is 12.8. The van der Waals surface area contributed by atoms with E-state index in [1.807, 2.05) is 41.6 Å². The van der Waals surface area contributed by atoms with Crippen LogP contribution in [0, 0.1) is 5.92 Å². The standard InChI is InChI=1S/C21H25ClN2O3S/c1-23(11-4-13-27-18-9-7-17(22)8-10-18)20(25)16-5-2-12-24(15-16)21(26)19-6-3-14-28-19/h3,6-10,14,16H,2,4-5,11-13,15H2,1H3. The largest absolute Gasteiger partial charge is 0.494 e. The Balaban J connectivity index is 1.43. The zero-order valence-electron chi connectivity index (χ0n) is 16.0. The van der Waals surface area contributed by atoms with Gasteiger partial charge in [0.1, 0.15) is 5.75 Å². The molecule has 1 fully saturated rings. The number of likely N-dealkylation sites (tertiary alicyclic amines) is 1. The van der Waals surface area contributed by atoms with Crippen molar-refractivity contribution in [2.24, 2.45) is 5.92 Å². The Hall–Kier alpha value is -2.05. The molecule has 2 aromatic rings. The summed E-state index contributed by atoms with van der Waals surface area (Å²) in [5.74, 6) is 0.787. The molecule has 2 heterocycles. The maximum Gasteiger partial charge on any atom is 0.263 e. The highest BCUT2D eigenvalue weighted by Crippen LogP contribution is 2.22. The monoisotopic (exact) mass is 420 g/mol. The summed E-state index contributed by atoms with van der Waals surface area (Å²) < 4.78 is 5.68. The van der Waals surface area contributed by atoms with E-state index in [1.165, 1.54) is 11.3 Å². The minimum absolute atomic E-state index is 0.0338. The average molecular weight is 421 g/mol. The van der Waals surface area contributed by atoms with Gasteiger partial charge in [-0.15, -0.1) is 11.3 Å². The lowest BCUT2D eigenvalue weighted by molar-refractivity contribution is -0.135. The topological polar surface area (TPSA) is 49.9 Å². The lowest BCUT2D eigenvalue weighted by Gasteiger charge is -2.33. The van der Waals surface area contributed by atoms with Gasteiger partial charge in [0.2, 0.25) is 5.91 Å². The van der Waals surface area contributed by atoms with Crippen LogP contribution in [0.25, 0.3) is 0 Å². The minimum Gasteiger partial charge on any atom is -0.494 e. The second kappa shape index (κ2) is 9.94. The van der Waals surface area contributed by atoms with Crippen molar-refractivity contribution < 1.29 is 14.3 Å². The number of nitrogens with zero attached hydrogens (tertiary/aromatic N) is 2. The van der Waals surface area contributed by atoms with Crippen LogP contribution in [-0.2, 0) is 4.79 Å². The highest BCUT2D eigenvalue weighted by molar-refractivity contribution is 7.12. The SMILES string of the molecule is CN(CCCOc1ccc(Cl)cc1)C(=O)C1CCCN(C(=O)c2cccs2)C1. The Kier molecular flexibility index (Phi) is 7.34. The fraction of sp³-hybridized carbons (Fsp3) is 0.429. The molecule has 0 saturated carbocycles. The van der Waals surface area contributed by atoms with Gasteiger partial charge < -0.3 is 14.5 Å². The van der Waals surface area contributed by atoms with Crippen LogP contribution in [0.15, 0.2) is 41.8 Å². The van der Waals surface area contributed by atoms with Crippen LogP contribution in [0.2, 0.25) is 5.02 Å². The van der Waals surface area contributed by atoms with Gasteiger partial charge >= 0.3 is 0 Å². The Morgan fingerprint density at radius 3 is 2.79 bits per heavy atom. The van der Waals surface area contributed by atoms with Crippen LogP contribution in [0.1, 0.15) is 28.9 Å². The molecule has 1 aromatic heterocycles. The summed E-state index contributed by atoms with van der Waals surface area (Å²) in [6.45, 7) is 2.38. The third-order valence-corrected chi connectivity index (χ3v) is 6.00. The summed E-state index contributed by atoms with van der Waals surface area (Å²) in [4.78, 5) is 29.7. The molecular formula is C21H25ClN2O3S. The molecular weight excluding hydrogens is 396 g/mol. The molecule has 1 atom stereocenters. The van der Waals surface area contributed by atoms with Crippen LogP contribution in [0.4, 0.5) is 0 Å². The van der Waals surface area contributed by atoms with Gasteiger partial charge in [-0.25, -0.2) is 0 Å². The number of ether oxygens (including phenoxy) is 1. The number of carbonyl (C=O) groups excluding carboxylic acids is 2. The molecule has 1 aliphatic heterocycles. The highest BCUT2D eigenvalue weighted by Gasteiger charge is 2.30. The molecule has 0 aliphatic carbocycles. The van der Waals surface area contributed by atoms with Crippen molar-refractivity contribution in [2.75, 3.05) is 33.3 Å². The third-order valence-electron chi connectivity index (χ3n) is 4.89. The van der Waals surface area contributed by atoms with Crippen LogP contribution in [-0.4, -0.2) is 54.9 Å². The van der Waals surface area contributed by atoms with Gasteiger partial charge in [0.15, 0.2) is 0 Å². The Labute approximate surface area is 174 Å². The Bertz CT molecular complexity index is 779. The molecule has 0 spiro atoms. The van der Waals surface area contributed by atoms with Crippen LogP contribution < -0.4 is 4.74 Å².